The molecule has 0 atom stereocenters. The van der Waals surface area contributed by atoms with Crippen molar-refractivity contribution in [2.75, 3.05) is 18.6 Å². The van der Waals surface area contributed by atoms with Crippen molar-refractivity contribution >= 4 is 5.69 Å². The molecule has 1 aromatic carbocycles. The van der Waals surface area contributed by atoms with Crippen LogP contribution < -0.4 is 9.64 Å². The van der Waals surface area contributed by atoms with Crippen molar-refractivity contribution in [2.24, 2.45) is 0 Å². The molecule has 0 aromatic heterocycles. The van der Waals surface area contributed by atoms with Crippen LogP contribution >= 0.6 is 0 Å². The predicted molar refractivity (Wildman–Crippen MR) is 72.9 cm³/mol. The van der Waals surface area contributed by atoms with Crippen LogP contribution in [0.25, 0.3) is 0 Å². The minimum absolute atomic E-state index is 0.724. The minimum Gasteiger partial charge on any atom is -0.494 e. The van der Waals surface area contributed by atoms with Crippen LogP contribution in [0.2, 0.25) is 0 Å². The fourth-order valence-corrected chi connectivity index (χ4v) is 2.62. The van der Waals surface area contributed by atoms with E-state index in [2.05, 4.69) is 36.2 Å². The highest BCUT2D eigenvalue weighted by atomic mass is 16.5. The van der Waals surface area contributed by atoms with E-state index in [1.165, 1.54) is 37.8 Å². The number of hydrogen-bond acceptors (Lipinski definition) is 2. The molecule has 1 aliphatic carbocycles. The number of hydrogen-bond donors (Lipinski definition) is 0. The molecule has 2 heteroatoms. The van der Waals surface area contributed by atoms with E-state index in [0.717, 1.165) is 18.4 Å². The van der Waals surface area contributed by atoms with Gasteiger partial charge in [-0.05, 0) is 44.0 Å². The zero-order chi connectivity index (χ0) is 12.1. The zero-order valence-electron chi connectivity index (χ0n) is 11.0. The van der Waals surface area contributed by atoms with E-state index in [1.54, 1.807) is 0 Å². The predicted octanol–water partition coefficient (Wildman–Crippen LogP) is 3.85. The topological polar surface area (TPSA) is 12.5 Å². The summed E-state index contributed by atoms with van der Waals surface area (Å²) in [6.45, 7) is 2.75. The van der Waals surface area contributed by atoms with Crippen LogP contribution in [0.4, 0.5) is 5.69 Å². The highest BCUT2D eigenvalue weighted by Crippen LogP contribution is 2.27. The van der Waals surface area contributed by atoms with E-state index in [9.17, 15) is 0 Å². The maximum absolute atomic E-state index is 5.47. The molecular formula is C15H23NO. The van der Waals surface area contributed by atoms with E-state index < -0.39 is 0 Å². The van der Waals surface area contributed by atoms with Gasteiger partial charge in [0.2, 0.25) is 0 Å². The molecule has 94 valence electrons. The fraction of sp³-hybridized carbons (Fsp3) is 0.600. The van der Waals surface area contributed by atoms with Crippen LogP contribution in [0.1, 0.15) is 39.0 Å². The van der Waals surface area contributed by atoms with Crippen molar-refractivity contribution in [3.05, 3.63) is 24.3 Å². The molecule has 2 rings (SSSR count). The first-order valence-corrected chi connectivity index (χ1v) is 6.77. The van der Waals surface area contributed by atoms with Crippen LogP contribution in [-0.4, -0.2) is 19.7 Å². The lowest BCUT2D eigenvalue weighted by Crippen LogP contribution is -2.33. The molecule has 0 heterocycles. The second-order valence-corrected chi connectivity index (χ2v) is 4.83. The average molecular weight is 233 g/mol. The molecule has 0 amide bonds. The number of anilines is 1. The quantitative estimate of drug-likeness (QED) is 0.783. The molecule has 0 aliphatic heterocycles. The van der Waals surface area contributed by atoms with Crippen LogP contribution in [0.15, 0.2) is 24.3 Å². The summed E-state index contributed by atoms with van der Waals surface area (Å²) in [5, 5.41) is 0. The van der Waals surface area contributed by atoms with E-state index >= 15 is 0 Å². The van der Waals surface area contributed by atoms with Crippen molar-refractivity contribution in [2.45, 2.75) is 45.1 Å². The fourth-order valence-electron chi connectivity index (χ4n) is 2.62. The highest BCUT2D eigenvalue weighted by Gasteiger charge is 2.18. The molecule has 0 N–H and O–H groups in total. The Kier molecular flexibility index (Phi) is 4.29. The Hall–Kier alpha value is -1.18. The van der Waals surface area contributed by atoms with Crippen molar-refractivity contribution in [1.29, 1.82) is 0 Å². The monoisotopic (exact) mass is 233 g/mol. The Morgan fingerprint density at radius 1 is 1.12 bits per heavy atom. The van der Waals surface area contributed by atoms with Gasteiger partial charge in [0.25, 0.3) is 0 Å². The Morgan fingerprint density at radius 3 is 2.35 bits per heavy atom. The summed E-state index contributed by atoms with van der Waals surface area (Å²) in [6, 6.07) is 9.19. The normalized spacial score (nSPS) is 16.8. The lowest BCUT2D eigenvalue weighted by molar-refractivity contribution is 0.340. The molecule has 0 unspecified atom stereocenters. The van der Waals surface area contributed by atoms with Gasteiger partial charge in [0, 0.05) is 18.8 Å². The molecule has 0 radical (unpaired) electrons. The first-order chi connectivity index (χ1) is 8.31. The van der Waals surface area contributed by atoms with Crippen molar-refractivity contribution < 1.29 is 4.74 Å². The Morgan fingerprint density at radius 2 is 1.76 bits per heavy atom. The average Bonchev–Trinajstić information content (AvgIpc) is 2.40. The van der Waals surface area contributed by atoms with Gasteiger partial charge in [0.15, 0.2) is 0 Å². The van der Waals surface area contributed by atoms with Crippen LogP contribution in [0.5, 0.6) is 5.75 Å². The third-order valence-corrected chi connectivity index (χ3v) is 3.68. The summed E-state index contributed by atoms with van der Waals surface area (Å²) in [5.41, 5.74) is 1.31. The van der Waals surface area contributed by atoms with E-state index in [0.29, 0.717) is 0 Å². The number of benzene rings is 1. The molecule has 1 aliphatic rings. The lowest BCUT2D eigenvalue weighted by Gasteiger charge is -2.33. The zero-order valence-corrected chi connectivity index (χ0v) is 11.0. The summed E-state index contributed by atoms with van der Waals surface area (Å²) in [7, 11) is 2.21. The van der Waals surface area contributed by atoms with Crippen molar-refractivity contribution in [3.63, 3.8) is 0 Å². The maximum Gasteiger partial charge on any atom is 0.119 e. The van der Waals surface area contributed by atoms with Gasteiger partial charge in [-0.3, -0.25) is 0 Å². The van der Waals surface area contributed by atoms with Crippen LogP contribution in [0.3, 0.4) is 0 Å². The molecule has 2 nitrogen and oxygen atoms in total. The van der Waals surface area contributed by atoms with Gasteiger partial charge >= 0.3 is 0 Å². The summed E-state index contributed by atoms with van der Waals surface area (Å²) in [4.78, 5) is 2.43. The third-order valence-electron chi connectivity index (χ3n) is 3.68. The summed E-state index contributed by atoms with van der Waals surface area (Å²) in [6.07, 6.45) is 6.85. The van der Waals surface area contributed by atoms with Crippen molar-refractivity contribution in [1.82, 2.24) is 0 Å². The molecule has 0 spiro atoms. The molecule has 1 aromatic rings. The van der Waals surface area contributed by atoms with Gasteiger partial charge < -0.3 is 9.64 Å². The first-order valence-electron chi connectivity index (χ1n) is 6.77. The summed E-state index contributed by atoms with van der Waals surface area (Å²) in [5.74, 6) is 0.966. The molecule has 0 saturated heterocycles. The van der Waals surface area contributed by atoms with Crippen LogP contribution in [-0.2, 0) is 0 Å². The van der Waals surface area contributed by atoms with Gasteiger partial charge in [-0.25, -0.2) is 0 Å². The van der Waals surface area contributed by atoms with Crippen molar-refractivity contribution in [3.8, 4) is 5.75 Å². The van der Waals surface area contributed by atoms with Gasteiger partial charge in [-0.1, -0.05) is 19.3 Å². The Bertz CT molecular complexity index is 327. The van der Waals surface area contributed by atoms with E-state index in [-0.39, 0.29) is 0 Å². The van der Waals surface area contributed by atoms with E-state index in [1.807, 2.05) is 6.92 Å². The third kappa shape index (κ3) is 3.15. The molecule has 0 bridgehead atoms. The van der Waals surface area contributed by atoms with E-state index in [4.69, 9.17) is 4.74 Å². The van der Waals surface area contributed by atoms with Crippen LogP contribution in [0, 0.1) is 0 Å². The lowest BCUT2D eigenvalue weighted by atomic mass is 9.94. The molecule has 1 saturated carbocycles. The largest absolute Gasteiger partial charge is 0.494 e. The van der Waals surface area contributed by atoms with Gasteiger partial charge in [0.05, 0.1) is 6.61 Å². The van der Waals surface area contributed by atoms with Gasteiger partial charge in [0.1, 0.15) is 5.75 Å². The van der Waals surface area contributed by atoms with Gasteiger partial charge in [-0.2, -0.15) is 0 Å². The Labute approximate surface area is 105 Å². The first kappa shape index (κ1) is 12.3. The smallest absolute Gasteiger partial charge is 0.119 e. The molecule has 17 heavy (non-hydrogen) atoms. The SMILES string of the molecule is CCOc1ccc(N(C)C2CCCCC2)cc1. The molecular weight excluding hydrogens is 210 g/mol. The Balaban J connectivity index is 2.00. The second kappa shape index (κ2) is 5.95. The number of nitrogens with zero attached hydrogens (tertiary/aromatic N) is 1. The minimum atomic E-state index is 0.724. The number of rotatable bonds is 4. The molecule has 1 fully saturated rings. The highest BCUT2D eigenvalue weighted by molar-refractivity contribution is 5.49. The summed E-state index contributed by atoms with van der Waals surface area (Å²) >= 11 is 0. The number of ether oxygens (including phenoxy) is 1. The maximum atomic E-state index is 5.47. The van der Waals surface area contributed by atoms with Gasteiger partial charge in [-0.15, -0.1) is 0 Å². The standard InChI is InChI=1S/C15H23NO/c1-3-17-15-11-9-14(10-12-15)16(2)13-7-5-4-6-8-13/h9-13H,3-8H2,1-2H3. The summed E-state index contributed by atoms with van der Waals surface area (Å²) < 4.78 is 5.47. The second-order valence-electron chi connectivity index (χ2n) is 4.83.